The Bertz CT molecular complexity index is 964. The summed E-state index contributed by atoms with van der Waals surface area (Å²) in [6.45, 7) is 0.632. The predicted molar refractivity (Wildman–Crippen MR) is 109 cm³/mol. The van der Waals surface area contributed by atoms with Crippen molar-refractivity contribution in [1.29, 1.82) is 0 Å². The molecule has 0 aliphatic rings. The molecule has 1 heterocycles. The molecular weight excluding hydrogens is 366 g/mol. The number of aromatic nitrogens is 1. The molecular formula is C19H19N3O2S2. The van der Waals surface area contributed by atoms with Gasteiger partial charge in [-0.1, -0.05) is 53.8 Å². The Morgan fingerprint density at radius 2 is 1.88 bits per heavy atom. The van der Waals surface area contributed by atoms with Crippen LogP contribution in [0, 0.1) is 3.95 Å². The fourth-order valence-corrected chi connectivity index (χ4v) is 3.88. The number of aryl methyl sites for hydroxylation is 1. The molecule has 5 nitrogen and oxygen atoms in total. The number of nitrogens with zero attached hydrogens (tertiary/aromatic N) is 1. The van der Waals surface area contributed by atoms with Crippen LogP contribution in [0.2, 0.25) is 0 Å². The van der Waals surface area contributed by atoms with Crippen LogP contribution in [0.3, 0.4) is 0 Å². The molecule has 26 heavy (non-hydrogen) atoms. The molecule has 0 aliphatic carbocycles. The summed E-state index contributed by atoms with van der Waals surface area (Å²) >= 11 is 6.62. The number of ether oxygens (including phenoxy) is 1. The second-order valence-corrected chi connectivity index (χ2v) is 7.27. The summed E-state index contributed by atoms with van der Waals surface area (Å²) in [5.41, 5.74) is 7.99. The highest BCUT2D eigenvalue weighted by molar-refractivity contribution is 7.73. The molecule has 0 saturated heterocycles. The zero-order valence-electron chi connectivity index (χ0n) is 14.3. The van der Waals surface area contributed by atoms with E-state index in [-0.39, 0.29) is 5.91 Å². The number of nitrogen functional groups attached to an aromatic ring is 1. The Balaban J connectivity index is 1.78. The maximum Gasteiger partial charge on any atom is 0.269 e. The molecule has 0 fully saturated rings. The SMILES string of the molecule is COc1ccccc1NC(=O)c1sc(=S)n(CCc2ccccc2)c1N. The molecule has 134 valence electrons. The number of methoxy groups -OCH3 is 1. The van der Waals surface area contributed by atoms with Crippen LogP contribution in [-0.4, -0.2) is 17.6 Å². The van der Waals surface area contributed by atoms with Crippen LogP contribution in [0.15, 0.2) is 54.6 Å². The molecule has 3 N–H and O–H groups in total. The highest BCUT2D eigenvalue weighted by Crippen LogP contribution is 2.27. The number of carbonyl (C=O) groups is 1. The van der Waals surface area contributed by atoms with Crippen molar-refractivity contribution in [2.24, 2.45) is 0 Å². The minimum Gasteiger partial charge on any atom is -0.495 e. The first-order valence-electron chi connectivity index (χ1n) is 8.07. The van der Waals surface area contributed by atoms with Gasteiger partial charge in [-0.15, -0.1) is 0 Å². The molecule has 0 bridgehead atoms. The van der Waals surface area contributed by atoms with Gasteiger partial charge < -0.3 is 20.4 Å². The number of rotatable bonds is 6. The van der Waals surface area contributed by atoms with E-state index >= 15 is 0 Å². The molecule has 2 aromatic carbocycles. The van der Waals surface area contributed by atoms with Gasteiger partial charge in [-0.2, -0.15) is 0 Å². The first-order chi connectivity index (χ1) is 12.6. The zero-order chi connectivity index (χ0) is 18.5. The maximum atomic E-state index is 12.6. The van der Waals surface area contributed by atoms with Crippen LogP contribution in [0.4, 0.5) is 11.5 Å². The molecule has 3 rings (SSSR count). The van der Waals surface area contributed by atoms with Gasteiger partial charge in [0.25, 0.3) is 5.91 Å². The lowest BCUT2D eigenvalue weighted by molar-refractivity contribution is 0.103. The number of thiazole rings is 1. The third-order valence-corrected chi connectivity index (χ3v) is 5.43. The van der Waals surface area contributed by atoms with Crippen molar-refractivity contribution < 1.29 is 9.53 Å². The third kappa shape index (κ3) is 3.95. The van der Waals surface area contributed by atoms with Crippen molar-refractivity contribution in [2.45, 2.75) is 13.0 Å². The highest BCUT2D eigenvalue weighted by Gasteiger charge is 2.18. The summed E-state index contributed by atoms with van der Waals surface area (Å²) < 4.78 is 7.66. The number of nitrogens with two attached hydrogens (primary N) is 1. The Morgan fingerprint density at radius 3 is 2.62 bits per heavy atom. The molecule has 0 saturated carbocycles. The number of nitrogens with one attached hydrogen (secondary N) is 1. The fourth-order valence-electron chi connectivity index (χ4n) is 2.60. The molecule has 0 aliphatic heterocycles. The lowest BCUT2D eigenvalue weighted by Gasteiger charge is -2.10. The van der Waals surface area contributed by atoms with E-state index in [1.807, 2.05) is 34.9 Å². The Kier molecular flexibility index (Phi) is 5.70. The van der Waals surface area contributed by atoms with Gasteiger partial charge in [-0.25, -0.2) is 0 Å². The van der Waals surface area contributed by atoms with Crippen molar-refractivity contribution in [3.63, 3.8) is 0 Å². The molecule has 3 aromatic rings. The van der Waals surface area contributed by atoms with E-state index in [0.29, 0.717) is 32.6 Å². The maximum absolute atomic E-state index is 12.6. The first kappa shape index (κ1) is 18.2. The average Bonchev–Trinajstić information content (AvgIpc) is 2.95. The molecule has 0 unspecified atom stereocenters. The van der Waals surface area contributed by atoms with Crippen molar-refractivity contribution in [3.05, 3.63) is 69.0 Å². The standard InChI is InChI=1S/C19H19N3O2S2/c1-24-15-10-6-5-9-14(15)21-18(23)16-17(20)22(19(25)26-16)12-11-13-7-3-2-4-8-13/h2-10H,11-12,20H2,1H3,(H,21,23). The van der Waals surface area contributed by atoms with E-state index in [1.54, 1.807) is 19.2 Å². The second-order valence-electron chi connectivity index (χ2n) is 5.62. The van der Waals surface area contributed by atoms with Gasteiger partial charge in [0.2, 0.25) is 0 Å². The number of para-hydroxylation sites is 2. The van der Waals surface area contributed by atoms with Crippen molar-refractivity contribution >= 4 is 41.0 Å². The number of hydrogen-bond acceptors (Lipinski definition) is 5. The van der Waals surface area contributed by atoms with Crippen molar-refractivity contribution in [2.75, 3.05) is 18.2 Å². The van der Waals surface area contributed by atoms with Gasteiger partial charge in [0.15, 0.2) is 3.95 Å². The number of anilines is 2. The molecule has 0 radical (unpaired) electrons. The summed E-state index contributed by atoms with van der Waals surface area (Å²) in [5.74, 6) is 0.691. The third-order valence-electron chi connectivity index (χ3n) is 3.96. The largest absolute Gasteiger partial charge is 0.495 e. The van der Waals surface area contributed by atoms with E-state index in [4.69, 9.17) is 22.7 Å². The highest BCUT2D eigenvalue weighted by atomic mass is 32.1. The summed E-state index contributed by atoms with van der Waals surface area (Å²) in [6.07, 6.45) is 0.795. The van der Waals surface area contributed by atoms with Crippen molar-refractivity contribution in [1.82, 2.24) is 4.57 Å². The summed E-state index contributed by atoms with van der Waals surface area (Å²) in [4.78, 5) is 13.1. The number of carbonyl (C=O) groups excluding carboxylic acids is 1. The molecule has 0 atom stereocenters. The predicted octanol–water partition coefficient (Wildman–Crippen LogP) is 4.36. The number of hydrogen-bond donors (Lipinski definition) is 2. The molecule has 0 spiro atoms. The fraction of sp³-hybridized carbons (Fsp3) is 0.158. The lowest BCUT2D eigenvalue weighted by Crippen LogP contribution is -2.14. The van der Waals surface area contributed by atoms with Crippen LogP contribution in [-0.2, 0) is 13.0 Å². The Labute approximate surface area is 161 Å². The van der Waals surface area contributed by atoms with Gasteiger partial charge in [-0.05, 0) is 36.3 Å². The Morgan fingerprint density at radius 1 is 1.19 bits per heavy atom. The topological polar surface area (TPSA) is 69.3 Å². The van der Waals surface area contributed by atoms with Gasteiger partial charge in [0.1, 0.15) is 16.4 Å². The zero-order valence-corrected chi connectivity index (χ0v) is 15.9. The van der Waals surface area contributed by atoms with Crippen LogP contribution in [0.25, 0.3) is 0 Å². The van der Waals surface area contributed by atoms with E-state index < -0.39 is 0 Å². The minimum atomic E-state index is -0.290. The molecule has 1 aromatic heterocycles. The van der Waals surface area contributed by atoms with E-state index in [0.717, 1.165) is 6.42 Å². The monoisotopic (exact) mass is 385 g/mol. The minimum absolute atomic E-state index is 0.290. The summed E-state index contributed by atoms with van der Waals surface area (Å²) in [6, 6.07) is 17.3. The van der Waals surface area contributed by atoms with Crippen LogP contribution < -0.4 is 15.8 Å². The lowest BCUT2D eigenvalue weighted by atomic mass is 10.1. The van der Waals surface area contributed by atoms with Gasteiger partial charge in [0, 0.05) is 6.54 Å². The summed E-state index contributed by atoms with van der Waals surface area (Å²) in [5, 5.41) is 2.84. The van der Waals surface area contributed by atoms with E-state index in [1.165, 1.54) is 16.9 Å². The first-order valence-corrected chi connectivity index (χ1v) is 9.30. The normalized spacial score (nSPS) is 10.5. The van der Waals surface area contributed by atoms with E-state index in [2.05, 4.69) is 17.4 Å². The smallest absolute Gasteiger partial charge is 0.269 e. The van der Waals surface area contributed by atoms with E-state index in [9.17, 15) is 4.79 Å². The Hall–Kier alpha value is -2.64. The molecule has 1 amide bonds. The van der Waals surface area contributed by atoms with Crippen molar-refractivity contribution in [3.8, 4) is 5.75 Å². The van der Waals surface area contributed by atoms with Gasteiger partial charge in [0.05, 0.1) is 12.8 Å². The quantitative estimate of drug-likeness (QED) is 0.619. The van der Waals surface area contributed by atoms with Gasteiger partial charge in [-0.3, -0.25) is 4.79 Å². The van der Waals surface area contributed by atoms with Gasteiger partial charge >= 0.3 is 0 Å². The number of amides is 1. The second kappa shape index (κ2) is 8.16. The number of benzene rings is 2. The van der Waals surface area contributed by atoms with Crippen LogP contribution >= 0.6 is 23.6 Å². The molecule has 7 heteroatoms. The summed E-state index contributed by atoms with van der Waals surface area (Å²) in [7, 11) is 1.56. The average molecular weight is 386 g/mol. The van der Waals surface area contributed by atoms with Crippen LogP contribution in [0.1, 0.15) is 15.2 Å². The van der Waals surface area contributed by atoms with Crippen LogP contribution in [0.5, 0.6) is 5.75 Å².